The lowest BCUT2D eigenvalue weighted by Crippen LogP contribution is -2.22. The van der Waals surface area contributed by atoms with Crippen LogP contribution >= 0.6 is 0 Å². The molecule has 0 heterocycles. The average Bonchev–Trinajstić information content (AvgIpc) is 2.74. The molecule has 0 saturated carbocycles. The molecule has 0 amide bonds. The molecule has 0 bridgehead atoms. The van der Waals surface area contributed by atoms with Gasteiger partial charge in [0.1, 0.15) is 11.5 Å². The van der Waals surface area contributed by atoms with Crippen LogP contribution < -0.4 is 19.1 Å². The van der Waals surface area contributed by atoms with Gasteiger partial charge in [0.15, 0.2) is 11.6 Å². The Morgan fingerprint density at radius 3 is 1.57 bits per heavy atom. The molecule has 0 N–H and O–H groups in total. The summed E-state index contributed by atoms with van der Waals surface area (Å²) >= 11 is 0. The first-order chi connectivity index (χ1) is 13.6. The van der Waals surface area contributed by atoms with E-state index in [1.807, 2.05) is 54.6 Å². The number of benzene rings is 3. The van der Waals surface area contributed by atoms with Crippen molar-refractivity contribution in [2.24, 2.45) is 0 Å². The monoisotopic (exact) mass is 381 g/mol. The van der Waals surface area contributed by atoms with Crippen LogP contribution in [0.4, 0.5) is 10.1 Å². The third-order valence-corrected chi connectivity index (χ3v) is 4.57. The third-order valence-electron chi connectivity index (χ3n) is 4.57. The van der Waals surface area contributed by atoms with Crippen LogP contribution in [-0.2, 0) is 13.1 Å². The highest BCUT2D eigenvalue weighted by Crippen LogP contribution is 2.27. The topological polar surface area (TPSA) is 30.9 Å². The van der Waals surface area contributed by atoms with E-state index in [-0.39, 0.29) is 11.6 Å². The highest BCUT2D eigenvalue weighted by atomic mass is 19.1. The van der Waals surface area contributed by atoms with Gasteiger partial charge in [-0.05, 0) is 47.5 Å². The molecule has 0 spiro atoms. The van der Waals surface area contributed by atoms with E-state index in [4.69, 9.17) is 14.2 Å². The summed E-state index contributed by atoms with van der Waals surface area (Å²) in [4.78, 5) is 2.12. The van der Waals surface area contributed by atoms with Crippen molar-refractivity contribution in [2.75, 3.05) is 26.2 Å². The van der Waals surface area contributed by atoms with Gasteiger partial charge in [-0.15, -0.1) is 0 Å². The Balaban J connectivity index is 1.88. The van der Waals surface area contributed by atoms with E-state index in [1.165, 1.54) is 13.2 Å². The first kappa shape index (κ1) is 19.5. The minimum absolute atomic E-state index is 0.234. The van der Waals surface area contributed by atoms with E-state index in [0.29, 0.717) is 13.1 Å². The lowest BCUT2D eigenvalue weighted by atomic mass is 10.1. The summed E-state index contributed by atoms with van der Waals surface area (Å²) in [5.41, 5.74) is 2.99. The molecule has 5 heteroatoms. The predicted molar refractivity (Wildman–Crippen MR) is 109 cm³/mol. The summed E-state index contributed by atoms with van der Waals surface area (Å²) in [5.74, 6) is 1.47. The maximum atomic E-state index is 14.3. The van der Waals surface area contributed by atoms with Crippen LogP contribution in [0.5, 0.6) is 17.2 Å². The van der Waals surface area contributed by atoms with Crippen molar-refractivity contribution in [3.05, 3.63) is 83.7 Å². The zero-order chi connectivity index (χ0) is 19.9. The summed E-state index contributed by atoms with van der Waals surface area (Å²) in [6.45, 7) is 1.25. The number of hydrogen-bond donors (Lipinski definition) is 0. The van der Waals surface area contributed by atoms with Gasteiger partial charge in [0.25, 0.3) is 0 Å². The summed E-state index contributed by atoms with van der Waals surface area (Å²) in [7, 11) is 4.75. The van der Waals surface area contributed by atoms with Gasteiger partial charge in [0.05, 0.1) is 21.3 Å². The van der Waals surface area contributed by atoms with Crippen LogP contribution in [0.2, 0.25) is 0 Å². The maximum Gasteiger partial charge on any atom is 0.167 e. The molecule has 0 unspecified atom stereocenters. The quantitative estimate of drug-likeness (QED) is 0.546. The van der Waals surface area contributed by atoms with Gasteiger partial charge >= 0.3 is 0 Å². The maximum absolute atomic E-state index is 14.3. The Morgan fingerprint density at radius 1 is 0.679 bits per heavy atom. The number of hydrogen-bond acceptors (Lipinski definition) is 4. The van der Waals surface area contributed by atoms with Crippen LogP contribution in [0.3, 0.4) is 0 Å². The third kappa shape index (κ3) is 4.74. The van der Waals surface area contributed by atoms with Gasteiger partial charge in [0.2, 0.25) is 0 Å². The van der Waals surface area contributed by atoms with Crippen LogP contribution in [-0.4, -0.2) is 21.3 Å². The van der Waals surface area contributed by atoms with Gasteiger partial charge in [0, 0.05) is 24.8 Å². The van der Waals surface area contributed by atoms with Crippen molar-refractivity contribution >= 4 is 5.69 Å². The van der Waals surface area contributed by atoms with Gasteiger partial charge in [-0.2, -0.15) is 0 Å². The van der Waals surface area contributed by atoms with E-state index in [2.05, 4.69) is 4.90 Å². The largest absolute Gasteiger partial charge is 0.497 e. The number of anilines is 1. The molecule has 0 aliphatic rings. The van der Waals surface area contributed by atoms with E-state index < -0.39 is 0 Å². The van der Waals surface area contributed by atoms with Crippen molar-refractivity contribution in [2.45, 2.75) is 13.1 Å². The molecule has 4 nitrogen and oxygen atoms in total. The first-order valence-electron chi connectivity index (χ1n) is 8.97. The molecule has 0 aliphatic carbocycles. The Labute approximate surface area is 165 Å². The first-order valence-corrected chi connectivity index (χ1v) is 8.97. The van der Waals surface area contributed by atoms with Crippen molar-refractivity contribution in [1.29, 1.82) is 0 Å². The Bertz CT molecular complexity index is 845. The van der Waals surface area contributed by atoms with Crippen LogP contribution in [0.15, 0.2) is 66.7 Å². The predicted octanol–water partition coefficient (Wildman–Crippen LogP) is 5.06. The summed E-state index contributed by atoms with van der Waals surface area (Å²) in [6.07, 6.45) is 0. The number of halogens is 1. The second-order valence-corrected chi connectivity index (χ2v) is 6.37. The molecular formula is C23H24FNO3. The fraction of sp³-hybridized carbons (Fsp3) is 0.217. The lowest BCUT2D eigenvalue weighted by Gasteiger charge is -2.26. The number of rotatable bonds is 8. The average molecular weight is 381 g/mol. The fourth-order valence-corrected chi connectivity index (χ4v) is 2.99. The fourth-order valence-electron chi connectivity index (χ4n) is 2.99. The molecule has 0 fully saturated rings. The van der Waals surface area contributed by atoms with Crippen molar-refractivity contribution in [1.82, 2.24) is 0 Å². The summed E-state index contributed by atoms with van der Waals surface area (Å²) in [6, 6.07) is 20.8. The highest BCUT2D eigenvalue weighted by molar-refractivity contribution is 5.51. The minimum atomic E-state index is -0.380. The molecule has 0 atom stereocenters. The molecule has 3 aromatic rings. The zero-order valence-corrected chi connectivity index (χ0v) is 16.3. The molecule has 0 aromatic heterocycles. The minimum Gasteiger partial charge on any atom is -0.497 e. The summed E-state index contributed by atoms with van der Waals surface area (Å²) < 4.78 is 29.8. The number of ether oxygens (including phenoxy) is 3. The molecule has 0 saturated heterocycles. The lowest BCUT2D eigenvalue weighted by molar-refractivity contribution is 0.386. The molecule has 146 valence electrons. The molecular weight excluding hydrogens is 357 g/mol. The number of methoxy groups -OCH3 is 3. The van der Waals surface area contributed by atoms with Crippen molar-refractivity contribution in [3.63, 3.8) is 0 Å². The van der Waals surface area contributed by atoms with Crippen LogP contribution in [0.25, 0.3) is 0 Å². The molecule has 0 radical (unpaired) electrons. The smallest absolute Gasteiger partial charge is 0.167 e. The van der Waals surface area contributed by atoms with Gasteiger partial charge in [-0.3, -0.25) is 0 Å². The van der Waals surface area contributed by atoms with Gasteiger partial charge < -0.3 is 19.1 Å². The molecule has 28 heavy (non-hydrogen) atoms. The highest BCUT2D eigenvalue weighted by Gasteiger charge is 2.12. The molecule has 0 aliphatic heterocycles. The Kier molecular flexibility index (Phi) is 6.37. The molecule has 3 aromatic carbocycles. The Hall–Kier alpha value is -3.21. The standard InChI is InChI=1S/C23H24FNO3/c1-26-20-9-4-17(5-10-20)15-25(16-18-6-11-21(27-2)12-7-18)19-8-13-23(28-3)22(24)14-19/h4-14H,15-16H2,1-3H3. The van der Waals surface area contributed by atoms with Crippen LogP contribution in [0.1, 0.15) is 11.1 Å². The van der Waals surface area contributed by atoms with Crippen molar-refractivity contribution < 1.29 is 18.6 Å². The molecule has 3 rings (SSSR count). The van der Waals surface area contributed by atoms with E-state index in [0.717, 1.165) is 28.3 Å². The SMILES string of the molecule is COc1ccc(CN(Cc2ccc(OC)cc2)c2ccc(OC)c(F)c2)cc1. The van der Waals surface area contributed by atoms with E-state index in [1.54, 1.807) is 20.3 Å². The van der Waals surface area contributed by atoms with Crippen LogP contribution in [0, 0.1) is 5.82 Å². The van der Waals surface area contributed by atoms with Gasteiger partial charge in [-0.25, -0.2) is 4.39 Å². The normalized spacial score (nSPS) is 10.4. The second kappa shape index (κ2) is 9.13. The van der Waals surface area contributed by atoms with Gasteiger partial charge in [-0.1, -0.05) is 24.3 Å². The summed E-state index contributed by atoms with van der Waals surface area (Å²) in [5, 5.41) is 0. The second-order valence-electron chi connectivity index (χ2n) is 6.37. The zero-order valence-electron chi connectivity index (χ0n) is 16.3. The van der Waals surface area contributed by atoms with E-state index >= 15 is 0 Å². The van der Waals surface area contributed by atoms with E-state index in [9.17, 15) is 4.39 Å². The number of nitrogens with zero attached hydrogens (tertiary/aromatic N) is 1. The Morgan fingerprint density at radius 2 is 1.18 bits per heavy atom. The van der Waals surface area contributed by atoms with Crippen molar-refractivity contribution in [3.8, 4) is 17.2 Å².